The van der Waals surface area contributed by atoms with Crippen molar-refractivity contribution in [1.29, 1.82) is 0 Å². The van der Waals surface area contributed by atoms with Crippen molar-refractivity contribution in [3.8, 4) is 0 Å². The lowest BCUT2D eigenvalue weighted by molar-refractivity contribution is -0.137. The summed E-state index contributed by atoms with van der Waals surface area (Å²) in [5, 5.41) is 17.5. The Morgan fingerprint density at radius 3 is 2.83 bits per heavy atom. The topological polar surface area (TPSA) is 90.3 Å². The van der Waals surface area contributed by atoms with Gasteiger partial charge in [0.05, 0.1) is 25.9 Å². The Morgan fingerprint density at radius 1 is 1.50 bits per heavy atom. The van der Waals surface area contributed by atoms with E-state index >= 15 is 0 Å². The number of rotatable bonds is 5. The maximum Gasteiger partial charge on any atom is 0.319 e. The van der Waals surface area contributed by atoms with Crippen LogP contribution in [0.15, 0.2) is 0 Å². The Hall–Kier alpha value is -1.34. The van der Waals surface area contributed by atoms with Crippen LogP contribution < -0.4 is 0 Å². The maximum atomic E-state index is 12.0. The molecular formula is C11H20N2O5. The van der Waals surface area contributed by atoms with Gasteiger partial charge in [0, 0.05) is 26.6 Å². The first kappa shape index (κ1) is 14.7. The second-order valence-corrected chi connectivity index (χ2v) is 4.32. The zero-order valence-electron chi connectivity index (χ0n) is 10.5. The Labute approximate surface area is 106 Å². The number of carbonyl (C=O) groups excluding carboxylic acids is 1. The van der Waals surface area contributed by atoms with Gasteiger partial charge in [-0.15, -0.1) is 0 Å². The lowest BCUT2D eigenvalue weighted by Gasteiger charge is -2.34. The van der Waals surface area contributed by atoms with E-state index < -0.39 is 5.97 Å². The summed E-state index contributed by atoms with van der Waals surface area (Å²) < 4.78 is 5.26. The molecule has 1 heterocycles. The predicted octanol–water partition coefficient (Wildman–Crippen LogP) is -0.404. The van der Waals surface area contributed by atoms with Gasteiger partial charge in [0.25, 0.3) is 0 Å². The molecule has 18 heavy (non-hydrogen) atoms. The van der Waals surface area contributed by atoms with Crippen LogP contribution in [0.3, 0.4) is 0 Å². The highest BCUT2D eigenvalue weighted by Gasteiger charge is 2.25. The zero-order chi connectivity index (χ0) is 13.5. The fourth-order valence-corrected chi connectivity index (χ4v) is 1.81. The highest BCUT2D eigenvalue weighted by Crippen LogP contribution is 2.08. The standard InChI is InChI=1S/C11H20N2O5/c1-12(4-2-3-10(15)16)11(17)13-5-6-18-9(7-13)8-14/h9,14H,2-8H2,1H3,(H,15,16). The van der Waals surface area contributed by atoms with Crippen molar-refractivity contribution in [3.05, 3.63) is 0 Å². The van der Waals surface area contributed by atoms with E-state index in [-0.39, 0.29) is 25.2 Å². The van der Waals surface area contributed by atoms with Crippen LogP contribution in [-0.4, -0.2) is 78.0 Å². The Morgan fingerprint density at radius 2 is 2.22 bits per heavy atom. The molecule has 2 amide bonds. The average molecular weight is 260 g/mol. The number of ether oxygens (including phenoxy) is 1. The Balaban J connectivity index is 2.35. The molecule has 1 rings (SSSR count). The molecule has 0 aromatic heterocycles. The number of carboxylic acid groups (broad SMARTS) is 1. The normalized spacial score (nSPS) is 19.7. The minimum absolute atomic E-state index is 0.0556. The predicted molar refractivity (Wildman–Crippen MR) is 63.3 cm³/mol. The highest BCUT2D eigenvalue weighted by molar-refractivity contribution is 5.74. The van der Waals surface area contributed by atoms with Crippen LogP contribution in [0.5, 0.6) is 0 Å². The number of amides is 2. The van der Waals surface area contributed by atoms with Crippen molar-refractivity contribution in [2.75, 3.05) is 39.9 Å². The fraction of sp³-hybridized carbons (Fsp3) is 0.818. The van der Waals surface area contributed by atoms with Crippen molar-refractivity contribution >= 4 is 12.0 Å². The maximum absolute atomic E-state index is 12.0. The molecule has 1 aliphatic heterocycles. The number of carbonyl (C=O) groups is 2. The molecule has 7 heteroatoms. The van der Waals surface area contributed by atoms with Gasteiger partial charge < -0.3 is 24.7 Å². The Kier molecular flexibility index (Phi) is 5.87. The van der Waals surface area contributed by atoms with E-state index in [1.807, 2.05) is 0 Å². The quantitative estimate of drug-likeness (QED) is 0.701. The number of aliphatic carboxylic acids is 1. The highest BCUT2D eigenvalue weighted by atomic mass is 16.5. The summed E-state index contributed by atoms with van der Waals surface area (Å²) >= 11 is 0. The van der Waals surface area contributed by atoms with Crippen LogP contribution in [0, 0.1) is 0 Å². The lowest BCUT2D eigenvalue weighted by Crippen LogP contribution is -2.51. The third kappa shape index (κ3) is 4.50. The molecule has 1 saturated heterocycles. The first-order valence-corrected chi connectivity index (χ1v) is 5.99. The number of morpholine rings is 1. The minimum Gasteiger partial charge on any atom is -0.481 e. The number of urea groups is 1. The number of hydrogen-bond donors (Lipinski definition) is 2. The summed E-state index contributed by atoms with van der Waals surface area (Å²) in [4.78, 5) is 25.5. The smallest absolute Gasteiger partial charge is 0.319 e. The van der Waals surface area contributed by atoms with Gasteiger partial charge in [-0.3, -0.25) is 4.79 Å². The molecule has 1 atom stereocenters. The van der Waals surface area contributed by atoms with Crippen LogP contribution in [0.4, 0.5) is 4.79 Å². The number of carboxylic acids is 1. The Bertz CT molecular complexity index is 297. The van der Waals surface area contributed by atoms with Gasteiger partial charge in [0.2, 0.25) is 0 Å². The molecular weight excluding hydrogens is 240 g/mol. The summed E-state index contributed by atoms with van der Waals surface area (Å²) in [5.41, 5.74) is 0. The fourth-order valence-electron chi connectivity index (χ4n) is 1.81. The van der Waals surface area contributed by atoms with E-state index in [9.17, 15) is 9.59 Å². The molecule has 0 aromatic carbocycles. The lowest BCUT2D eigenvalue weighted by atomic mass is 10.3. The third-order valence-electron chi connectivity index (χ3n) is 2.82. The average Bonchev–Trinajstić information content (AvgIpc) is 2.37. The molecule has 104 valence electrons. The van der Waals surface area contributed by atoms with E-state index in [1.165, 1.54) is 4.90 Å². The van der Waals surface area contributed by atoms with Gasteiger partial charge in [-0.25, -0.2) is 4.79 Å². The molecule has 2 N–H and O–H groups in total. The van der Waals surface area contributed by atoms with Crippen molar-refractivity contribution in [2.45, 2.75) is 18.9 Å². The van der Waals surface area contributed by atoms with Crippen molar-refractivity contribution in [3.63, 3.8) is 0 Å². The molecule has 0 radical (unpaired) electrons. The second kappa shape index (κ2) is 7.17. The van der Waals surface area contributed by atoms with Gasteiger partial charge in [0.1, 0.15) is 0 Å². The molecule has 1 aliphatic rings. The van der Waals surface area contributed by atoms with Gasteiger partial charge >= 0.3 is 12.0 Å². The van der Waals surface area contributed by atoms with E-state index in [0.29, 0.717) is 32.7 Å². The van der Waals surface area contributed by atoms with Crippen molar-refractivity contribution in [2.24, 2.45) is 0 Å². The van der Waals surface area contributed by atoms with Gasteiger partial charge in [-0.2, -0.15) is 0 Å². The largest absolute Gasteiger partial charge is 0.481 e. The number of hydrogen-bond acceptors (Lipinski definition) is 4. The van der Waals surface area contributed by atoms with Crippen molar-refractivity contribution < 1.29 is 24.5 Å². The molecule has 1 unspecified atom stereocenters. The van der Waals surface area contributed by atoms with E-state index in [4.69, 9.17) is 14.9 Å². The molecule has 0 saturated carbocycles. The van der Waals surface area contributed by atoms with Crippen LogP contribution in [0.2, 0.25) is 0 Å². The molecule has 0 aromatic rings. The first-order chi connectivity index (χ1) is 8.54. The molecule has 7 nitrogen and oxygen atoms in total. The number of aliphatic hydroxyl groups excluding tert-OH is 1. The summed E-state index contributed by atoms with van der Waals surface area (Å²) in [7, 11) is 1.65. The van der Waals surface area contributed by atoms with Crippen LogP contribution >= 0.6 is 0 Å². The monoisotopic (exact) mass is 260 g/mol. The molecule has 0 spiro atoms. The van der Waals surface area contributed by atoms with Gasteiger partial charge in [-0.1, -0.05) is 0 Å². The van der Waals surface area contributed by atoms with E-state index in [1.54, 1.807) is 11.9 Å². The molecule has 0 bridgehead atoms. The second-order valence-electron chi connectivity index (χ2n) is 4.32. The van der Waals surface area contributed by atoms with Crippen LogP contribution in [0.1, 0.15) is 12.8 Å². The SMILES string of the molecule is CN(CCCC(=O)O)C(=O)N1CCOC(CO)C1. The summed E-state index contributed by atoms with van der Waals surface area (Å²) in [6.07, 6.45) is 0.167. The molecule has 0 aliphatic carbocycles. The van der Waals surface area contributed by atoms with E-state index in [0.717, 1.165) is 0 Å². The van der Waals surface area contributed by atoms with Crippen molar-refractivity contribution in [1.82, 2.24) is 9.80 Å². The number of aliphatic hydroxyl groups is 1. The zero-order valence-corrected chi connectivity index (χ0v) is 10.5. The van der Waals surface area contributed by atoms with Crippen LogP contribution in [0.25, 0.3) is 0 Å². The number of nitrogens with zero attached hydrogens (tertiary/aromatic N) is 2. The van der Waals surface area contributed by atoms with Gasteiger partial charge in [-0.05, 0) is 6.42 Å². The first-order valence-electron chi connectivity index (χ1n) is 5.99. The summed E-state index contributed by atoms with van der Waals surface area (Å²) in [6, 6.07) is -0.151. The van der Waals surface area contributed by atoms with Gasteiger partial charge in [0.15, 0.2) is 0 Å². The summed E-state index contributed by atoms with van der Waals surface area (Å²) in [5.74, 6) is -0.859. The minimum atomic E-state index is -0.859. The molecule has 1 fully saturated rings. The summed E-state index contributed by atoms with van der Waals surface area (Å²) in [6.45, 7) is 1.59. The third-order valence-corrected chi connectivity index (χ3v) is 2.82. The van der Waals surface area contributed by atoms with Crippen LogP contribution in [-0.2, 0) is 9.53 Å². The van der Waals surface area contributed by atoms with E-state index in [2.05, 4.69) is 0 Å².